The zero-order valence-electron chi connectivity index (χ0n) is 7.59. The van der Waals surface area contributed by atoms with E-state index in [0.29, 0.717) is 0 Å². The van der Waals surface area contributed by atoms with Gasteiger partial charge in [0.2, 0.25) is 0 Å². The summed E-state index contributed by atoms with van der Waals surface area (Å²) < 4.78 is 0. The van der Waals surface area contributed by atoms with Crippen molar-refractivity contribution in [2.45, 2.75) is 13.8 Å². The van der Waals surface area contributed by atoms with Crippen LogP contribution in [0.1, 0.15) is 13.8 Å². The van der Waals surface area contributed by atoms with Crippen molar-refractivity contribution in [2.24, 2.45) is 0 Å². The molecule has 0 saturated heterocycles. The average molecular weight is 162 g/mol. The second-order valence-electron chi connectivity index (χ2n) is 3.09. The van der Waals surface area contributed by atoms with Crippen molar-refractivity contribution in [3.63, 3.8) is 0 Å². The average Bonchev–Trinajstić information content (AvgIpc) is 2.55. The fourth-order valence-corrected chi connectivity index (χ4v) is 1.74. The van der Waals surface area contributed by atoms with Crippen LogP contribution in [0, 0.1) is 0 Å². The second-order valence-corrected chi connectivity index (χ2v) is 3.09. The van der Waals surface area contributed by atoms with Gasteiger partial charge in [-0.2, -0.15) is 0 Å². The van der Waals surface area contributed by atoms with E-state index >= 15 is 0 Å². The van der Waals surface area contributed by atoms with E-state index in [1.54, 1.807) is 0 Å². The molecule has 2 aliphatic rings. The molecule has 2 rings (SSSR count). The maximum atomic E-state index is 5.75. The highest BCUT2D eigenvalue weighted by Gasteiger charge is 2.27. The van der Waals surface area contributed by atoms with Gasteiger partial charge < -0.3 is 10.6 Å². The van der Waals surface area contributed by atoms with Crippen molar-refractivity contribution in [3.05, 3.63) is 12.1 Å². The highest BCUT2D eigenvalue weighted by atomic mass is 15.1. The van der Waals surface area contributed by atoms with Crippen LogP contribution < -0.4 is 10.6 Å². The number of hydrogen-bond donors (Lipinski definition) is 1. The number of nitrogens with two attached hydrogens (primary N) is 1. The zero-order chi connectivity index (χ0) is 8.72. The molecule has 0 radical (unpaired) electrons. The highest BCUT2D eigenvalue weighted by Crippen LogP contribution is 2.53. The van der Waals surface area contributed by atoms with Crippen molar-refractivity contribution in [1.29, 1.82) is 0 Å². The Hall–Kier alpha value is -1.18. The topological polar surface area (TPSA) is 29.3 Å². The minimum absolute atomic E-state index is 0.999. The third-order valence-corrected chi connectivity index (χ3v) is 2.53. The zero-order valence-corrected chi connectivity index (χ0v) is 7.59. The predicted molar refractivity (Wildman–Crippen MR) is 53.4 cm³/mol. The number of rotatable bonds is 3. The number of nitrogen functional groups attached to an aromatic ring is 1. The van der Waals surface area contributed by atoms with E-state index in [1.165, 1.54) is 16.8 Å². The van der Waals surface area contributed by atoms with Crippen molar-refractivity contribution in [3.8, 4) is 11.1 Å². The van der Waals surface area contributed by atoms with Crippen molar-refractivity contribution in [1.82, 2.24) is 0 Å². The second kappa shape index (κ2) is 2.41. The van der Waals surface area contributed by atoms with Crippen LogP contribution in [0.2, 0.25) is 0 Å². The summed E-state index contributed by atoms with van der Waals surface area (Å²) in [6.45, 7) is 6.45. The third kappa shape index (κ3) is 0.809. The summed E-state index contributed by atoms with van der Waals surface area (Å²) in [5, 5.41) is 0. The Balaban J connectivity index is 2.28. The van der Waals surface area contributed by atoms with E-state index in [9.17, 15) is 0 Å². The van der Waals surface area contributed by atoms with Gasteiger partial charge >= 0.3 is 0 Å². The minimum Gasteiger partial charge on any atom is -0.398 e. The Morgan fingerprint density at radius 3 is 2.33 bits per heavy atom. The van der Waals surface area contributed by atoms with Gasteiger partial charge in [0.15, 0.2) is 0 Å². The van der Waals surface area contributed by atoms with Gasteiger partial charge in [-0.25, -0.2) is 0 Å². The highest BCUT2D eigenvalue weighted by molar-refractivity contribution is 6.10. The molecule has 0 aliphatic heterocycles. The van der Waals surface area contributed by atoms with E-state index in [4.69, 9.17) is 5.73 Å². The van der Waals surface area contributed by atoms with Gasteiger partial charge in [0.05, 0.1) is 0 Å². The molecule has 2 heteroatoms. The van der Waals surface area contributed by atoms with Crippen LogP contribution in [-0.2, 0) is 0 Å². The Morgan fingerprint density at radius 2 is 1.92 bits per heavy atom. The summed E-state index contributed by atoms with van der Waals surface area (Å²) >= 11 is 0. The third-order valence-electron chi connectivity index (χ3n) is 2.53. The molecule has 0 bridgehead atoms. The van der Waals surface area contributed by atoms with Gasteiger partial charge in [-0.15, -0.1) is 0 Å². The van der Waals surface area contributed by atoms with E-state index in [1.807, 2.05) is 0 Å². The lowest BCUT2D eigenvalue weighted by molar-refractivity contribution is 0.870. The van der Waals surface area contributed by atoms with Gasteiger partial charge in [0.1, 0.15) is 0 Å². The Kier molecular flexibility index (Phi) is 1.50. The monoisotopic (exact) mass is 162 g/mol. The maximum Gasteiger partial charge on any atom is 0.0496 e. The van der Waals surface area contributed by atoms with Gasteiger partial charge in [-0.1, -0.05) is 6.07 Å². The number of anilines is 2. The first kappa shape index (κ1) is 7.47. The van der Waals surface area contributed by atoms with E-state index in [2.05, 4.69) is 30.9 Å². The van der Waals surface area contributed by atoms with Gasteiger partial charge in [-0.3, -0.25) is 0 Å². The minimum atomic E-state index is 0.999. The fraction of sp³-hybridized carbons (Fsp3) is 0.400. The van der Waals surface area contributed by atoms with Crippen LogP contribution >= 0.6 is 0 Å². The van der Waals surface area contributed by atoms with Crippen LogP contribution in [0.4, 0.5) is 11.4 Å². The molecule has 2 nitrogen and oxygen atoms in total. The first-order chi connectivity index (χ1) is 5.79. The molecule has 2 aliphatic carbocycles. The van der Waals surface area contributed by atoms with Crippen molar-refractivity contribution >= 4 is 11.4 Å². The van der Waals surface area contributed by atoms with Crippen molar-refractivity contribution < 1.29 is 0 Å². The lowest BCUT2D eigenvalue weighted by Crippen LogP contribution is -2.21. The summed E-state index contributed by atoms with van der Waals surface area (Å²) in [4.78, 5) is 2.33. The SMILES string of the molecule is CCN(CC)c1ccc2c(N)c1-2. The molecule has 0 amide bonds. The largest absolute Gasteiger partial charge is 0.398 e. The molecule has 64 valence electrons. The molecule has 0 heterocycles. The number of nitrogens with zero attached hydrogens (tertiary/aromatic N) is 1. The number of fused-ring (bicyclic) bond motifs is 1. The van der Waals surface area contributed by atoms with Crippen LogP contribution in [0.3, 0.4) is 0 Å². The molecular formula is C10H14N2. The molecule has 0 aromatic carbocycles. The molecule has 0 aromatic heterocycles. The standard InChI is InChI=1S/C10H14N2/c1-3-12(4-2)8-6-5-7-9(8)10(7)11/h5-6H,3-4,11H2,1-2H3. The lowest BCUT2D eigenvalue weighted by atomic mass is 10.3. The van der Waals surface area contributed by atoms with Crippen LogP contribution in [0.25, 0.3) is 11.1 Å². The van der Waals surface area contributed by atoms with E-state index < -0.39 is 0 Å². The van der Waals surface area contributed by atoms with Crippen molar-refractivity contribution in [2.75, 3.05) is 23.7 Å². The number of hydrogen-bond acceptors (Lipinski definition) is 2. The lowest BCUT2D eigenvalue weighted by Gasteiger charge is -2.19. The Morgan fingerprint density at radius 1 is 1.25 bits per heavy atom. The fourth-order valence-electron chi connectivity index (χ4n) is 1.74. The summed E-state index contributed by atoms with van der Waals surface area (Å²) in [7, 11) is 0. The summed E-state index contributed by atoms with van der Waals surface area (Å²) in [6.07, 6.45) is 0. The van der Waals surface area contributed by atoms with Crippen LogP contribution in [0.15, 0.2) is 12.1 Å². The molecule has 2 N–H and O–H groups in total. The van der Waals surface area contributed by atoms with E-state index in [-0.39, 0.29) is 0 Å². The van der Waals surface area contributed by atoms with E-state index in [0.717, 1.165) is 18.8 Å². The summed E-state index contributed by atoms with van der Waals surface area (Å²) in [5.41, 5.74) is 10.6. The van der Waals surface area contributed by atoms with Gasteiger partial charge in [0, 0.05) is 35.6 Å². The molecule has 0 aromatic rings. The van der Waals surface area contributed by atoms with Crippen LogP contribution in [-0.4, -0.2) is 13.1 Å². The maximum absolute atomic E-state index is 5.75. The normalized spacial score (nSPS) is 11.5. The summed E-state index contributed by atoms with van der Waals surface area (Å²) in [5.74, 6) is 0. The number of benzene rings is 1. The first-order valence-electron chi connectivity index (χ1n) is 4.47. The Labute approximate surface area is 73.0 Å². The van der Waals surface area contributed by atoms with Gasteiger partial charge in [-0.05, 0) is 19.9 Å². The quantitative estimate of drug-likeness (QED) is 0.700. The molecule has 0 unspecified atom stereocenters. The molecule has 0 saturated carbocycles. The molecular weight excluding hydrogens is 148 g/mol. The molecule has 0 atom stereocenters. The smallest absolute Gasteiger partial charge is 0.0496 e. The van der Waals surface area contributed by atoms with Crippen LogP contribution in [0.5, 0.6) is 0 Å². The van der Waals surface area contributed by atoms with Gasteiger partial charge in [0.25, 0.3) is 0 Å². The summed E-state index contributed by atoms with van der Waals surface area (Å²) in [6, 6.07) is 4.27. The molecule has 12 heavy (non-hydrogen) atoms. The Bertz CT molecular complexity index is 314. The predicted octanol–water partition coefficient (Wildman–Crippen LogP) is 2.10. The molecule has 0 spiro atoms. The molecule has 0 fully saturated rings. The first-order valence-corrected chi connectivity index (χ1v) is 4.47.